The van der Waals surface area contributed by atoms with Crippen LogP contribution < -0.4 is 14.8 Å². The van der Waals surface area contributed by atoms with Crippen molar-refractivity contribution < 1.29 is 14.3 Å². The minimum Gasteiger partial charge on any atom is -0.458 e. The molecule has 2 aliphatic heterocycles. The van der Waals surface area contributed by atoms with Gasteiger partial charge < -0.3 is 19.7 Å². The summed E-state index contributed by atoms with van der Waals surface area (Å²) >= 11 is 0. The topological polar surface area (TPSA) is 97.1 Å². The summed E-state index contributed by atoms with van der Waals surface area (Å²) in [6, 6.07) is 23.9. The van der Waals surface area contributed by atoms with Crippen LogP contribution in [0.3, 0.4) is 0 Å². The van der Waals surface area contributed by atoms with Gasteiger partial charge in [-0.3, -0.25) is 9.69 Å². The molecule has 1 atom stereocenters. The number of benzene rings is 3. The lowest BCUT2D eigenvalue weighted by atomic mass is 9.97. The summed E-state index contributed by atoms with van der Waals surface area (Å²) in [5, 5.41) is 3.33. The lowest BCUT2D eigenvalue weighted by Gasteiger charge is -2.38. The van der Waals surface area contributed by atoms with Crippen molar-refractivity contribution in [3.8, 4) is 23.1 Å². The molecule has 46 heavy (non-hydrogen) atoms. The van der Waals surface area contributed by atoms with E-state index in [0.29, 0.717) is 18.1 Å². The molecule has 10 heteroatoms. The molecule has 3 heterocycles. The highest BCUT2D eigenvalue weighted by atomic mass is 16.5. The van der Waals surface area contributed by atoms with Crippen LogP contribution in [0.1, 0.15) is 41.8 Å². The van der Waals surface area contributed by atoms with E-state index in [1.165, 1.54) is 0 Å². The van der Waals surface area contributed by atoms with Crippen LogP contribution in [-0.2, 0) is 24.6 Å². The Balaban J connectivity index is 1.23. The minimum atomic E-state index is -0.211. The highest BCUT2D eigenvalue weighted by Gasteiger charge is 2.33. The predicted octanol–water partition coefficient (Wildman–Crippen LogP) is 5.34. The summed E-state index contributed by atoms with van der Waals surface area (Å²) < 4.78 is 12.2. The maximum Gasteiger partial charge on any atom is 0.323 e. The highest BCUT2D eigenvalue weighted by Crippen LogP contribution is 2.27. The van der Waals surface area contributed by atoms with Gasteiger partial charge in [0.05, 0.1) is 19.2 Å². The zero-order chi connectivity index (χ0) is 31.7. The fourth-order valence-electron chi connectivity index (χ4n) is 6.09. The first kappa shape index (κ1) is 31.1. The van der Waals surface area contributed by atoms with E-state index in [1.54, 1.807) is 12.1 Å². The molecular formula is C36H39N7O3. The molecule has 2 aliphatic rings. The third-order valence-electron chi connectivity index (χ3n) is 8.61. The quantitative estimate of drug-likeness (QED) is 0.238. The number of likely N-dealkylation sites (tertiary alicyclic amines) is 1. The molecule has 0 spiro atoms. The number of piperazine rings is 1. The van der Waals surface area contributed by atoms with Crippen molar-refractivity contribution in [2.45, 2.75) is 52.0 Å². The van der Waals surface area contributed by atoms with Gasteiger partial charge in [0.15, 0.2) is 11.5 Å². The molecule has 6 rings (SSSR count). The molecule has 236 valence electrons. The maximum absolute atomic E-state index is 13.6. The third-order valence-corrected chi connectivity index (χ3v) is 8.61. The molecule has 1 N–H and O–H groups in total. The Kier molecular flexibility index (Phi) is 10.1. The number of rotatable bonds is 10. The van der Waals surface area contributed by atoms with Crippen LogP contribution in [0.25, 0.3) is 16.0 Å². The summed E-state index contributed by atoms with van der Waals surface area (Å²) in [5.41, 5.74) is 5.83. The standard InChI is InChI=1S/C36H39N7O3/c1-26-29(13-9-15-31(26)28-11-4-3-5-12-28)25-46-36-40-33(39-35(41-36)45-24-27-10-8-14-30(22-27)37-2)23-43-19-7-6-16-32(43)34(44)42-20-17-38-18-21-42/h3-5,8-15,22,32,38H,6-7,16-21,23-25H2,1H3. The zero-order valence-corrected chi connectivity index (χ0v) is 26.2. The van der Waals surface area contributed by atoms with Crippen LogP contribution in [-0.4, -0.2) is 69.4 Å². The van der Waals surface area contributed by atoms with E-state index in [0.717, 1.165) is 79.8 Å². The average molecular weight is 618 g/mol. The number of nitrogens with one attached hydrogen (secondary N) is 1. The van der Waals surface area contributed by atoms with E-state index in [2.05, 4.69) is 50.2 Å². The summed E-state index contributed by atoms with van der Waals surface area (Å²) in [6.45, 7) is 14.1. The van der Waals surface area contributed by atoms with Gasteiger partial charge in [-0.25, -0.2) is 4.85 Å². The first-order valence-electron chi connectivity index (χ1n) is 15.9. The van der Waals surface area contributed by atoms with Crippen LogP contribution in [0.2, 0.25) is 0 Å². The van der Waals surface area contributed by atoms with Crippen molar-refractivity contribution in [3.63, 3.8) is 0 Å². The number of ether oxygens (including phenoxy) is 2. The van der Waals surface area contributed by atoms with Crippen LogP contribution >= 0.6 is 0 Å². The normalized spacial score (nSPS) is 16.9. The molecule has 0 radical (unpaired) electrons. The van der Waals surface area contributed by atoms with E-state index in [1.807, 2.05) is 47.4 Å². The average Bonchev–Trinajstić information content (AvgIpc) is 3.11. The number of hydrogen-bond acceptors (Lipinski definition) is 8. The summed E-state index contributed by atoms with van der Waals surface area (Å²) in [7, 11) is 0. The number of amides is 1. The van der Waals surface area contributed by atoms with Crippen LogP contribution in [0, 0.1) is 13.5 Å². The lowest BCUT2D eigenvalue weighted by molar-refractivity contribution is -0.139. The molecular weight excluding hydrogens is 578 g/mol. The van der Waals surface area contributed by atoms with Crippen LogP contribution in [0.15, 0.2) is 72.8 Å². The van der Waals surface area contributed by atoms with Crippen LogP contribution in [0.5, 0.6) is 12.0 Å². The van der Waals surface area contributed by atoms with Gasteiger partial charge in [0.1, 0.15) is 13.2 Å². The van der Waals surface area contributed by atoms with E-state index in [-0.39, 0.29) is 37.2 Å². The lowest BCUT2D eigenvalue weighted by Crippen LogP contribution is -2.55. The van der Waals surface area contributed by atoms with Gasteiger partial charge in [-0.1, -0.05) is 73.2 Å². The summed E-state index contributed by atoms with van der Waals surface area (Å²) in [4.78, 5) is 35.1. The SMILES string of the molecule is [C-]#[N+]c1cccc(COc2nc(CN3CCCCC3C(=O)N3CCNCC3)nc(OCc3cccc(-c4ccccc4)c3C)n2)c1. The second kappa shape index (κ2) is 15.0. The van der Waals surface area contributed by atoms with Crippen molar-refractivity contribution in [2.24, 2.45) is 0 Å². The van der Waals surface area contributed by atoms with E-state index in [4.69, 9.17) is 21.0 Å². The van der Waals surface area contributed by atoms with Gasteiger partial charge in [-0.15, -0.1) is 4.98 Å². The monoisotopic (exact) mass is 617 g/mol. The Bertz CT molecular complexity index is 1690. The molecule has 2 fully saturated rings. The smallest absolute Gasteiger partial charge is 0.323 e. The maximum atomic E-state index is 13.6. The molecule has 10 nitrogen and oxygen atoms in total. The van der Waals surface area contributed by atoms with Gasteiger partial charge in [0, 0.05) is 26.2 Å². The van der Waals surface area contributed by atoms with E-state index < -0.39 is 0 Å². The molecule has 2 saturated heterocycles. The van der Waals surface area contributed by atoms with Crippen molar-refractivity contribution in [3.05, 3.63) is 107 Å². The van der Waals surface area contributed by atoms with Crippen molar-refractivity contribution >= 4 is 11.6 Å². The van der Waals surface area contributed by atoms with Crippen molar-refractivity contribution in [1.29, 1.82) is 0 Å². The molecule has 1 aromatic heterocycles. The first-order valence-corrected chi connectivity index (χ1v) is 15.9. The number of carbonyl (C=O) groups is 1. The largest absolute Gasteiger partial charge is 0.458 e. The number of carbonyl (C=O) groups excluding carboxylic acids is 1. The highest BCUT2D eigenvalue weighted by molar-refractivity contribution is 5.82. The van der Waals surface area contributed by atoms with Gasteiger partial charge in [0.25, 0.3) is 0 Å². The summed E-state index contributed by atoms with van der Waals surface area (Å²) in [5.74, 6) is 0.668. The molecule has 4 aromatic rings. The number of aromatic nitrogens is 3. The fourth-order valence-corrected chi connectivity index (χ4v) is 6.09. The number of nitrogens with zero attached hydrogens (tertiary/aromatic N) is 6. The van der Waals surface area contributed by atoms with E-state index in [9.17, 15) is 4.79 Å². The molecule has 0 saturated carbocycles. The molecule has 0 bridgehead atoms. The number of hydrogen-bond donors (Lipinski definition) is 1. The summed E-state index contributed by atoms with van der Waals surface area (Å²) in [6.07, 6.45) is 2.84. The van der Waals surface area contributed by atoms with Gasteiger partial charge >= 0.3 is 12.0 Å². The molecule has 0 aliphatic carbocycles. The van der Waals surface area contributed by atoms with Gasteiger partial charge in [0.2, 0.25) is 5.91 Å². The second-order valence-corrected chi connectivity index (χ2v) is 11.7. The van der Waals surface area contributed by atoms with E-state index >= 15 is 0 Å². The molecule has 1 unspecified atom stereocenters. The Labute approximate surface area is 270 Å². The Morgan fingerprint density at radius 3 is 2.46 bits per heavy atom. The van der Waals surface area contributed by atoms with Gasteiger partial charge in [-0.2, -0.15) is 9.97 Å². The fraction of sp³-hybridized carbons (Fsp3) is 0.361. The Hall–Kier alpha value is -4.85. The van der Waals surface area contributed by atoms with Crippen molar-refractivity contribution in [2.75, 3.05) is 32.7 Å². The predicted molar refractivity (Wildman–Crippen MR) is 175 cm³/mol. The Morgan fingerprint density at radius 1 is 0.913 bits per heavy atom. The van der Waals surface area contributed by atoms with Gasteiger partial charge in [-0.05, 0) is 60.2 Å². The molecule has 3 aromatic carbocycles. The molecule has 1 amide bonds. The van der Waals surface area contributed by atoms with Crippen molar-refractivity contribution in [1.82, 2.24) is 30.1 Å². The second-order valence-electron chi connectivity index (χ2n) is 11.7. The first-order chi connectivity index (χ1) is 22.6. The van der Waals surface area contributed by atoms with Crippen LogP contribution in [0.4, 0.5) is 5.69 Å². The minimum absolute atomic E-state index is 0.143. The number of piperidine rings is 1. The third kappa shape index (κ3) is 7.68. The Morgan fingerprint density at radius 2 is 1.67 bits per heavy atom. The zero-order valence-electron chi connectivity index (χ0n) is 26.2.